The van der Waals surface area contributed by atoms with Gasteiger partial charge >= 0.3 is 0 Å². The fraction of sp³-hybridized carbons (Fsp3) is 0.500. The molecule has 0 saturated heterocycles. The van der Waals surface area contributed by atoms with Crippen LogP contribution in [0.2, 0.25) is 5.02 Å². The van der Waals surface area contributed by atoms with Gasteiger partial charge in [-0.2, -0.15) is 0 Å². The van der Waals surface area contributed by atoms with Crippen molar-refractivity contribution < 1.29 is 4.39 Å². The van der Waals surface area contributed by atoms with E-state index in [0.717, 1.165) is 13.0 Å². The first kappa shape index (κ1) is 12.2. The van der Waals surface area contributed by atoms with Crippen LogP contribution in [-0.4, -0.2) is 37.1 Å². The van der Waals surface area contributed by atoms with E-state index >= 15 is 0 Å². The van der Waals surface area contributed by atoms with E-state index in [0.29, 0.717) is 11.6 Å². The number of nitrogens with one attached hydrogen (secondary N) is 1. The Morgan fingerprint density at radius 1 is 1.53 bits per heavy atom. The highest BCUT2D eigenvalue weighted by molar-refractivity contribution is 6.30. The van der Waals surface area contributed by atoms with Crippen molar-refractivity contribution in [2.24, 2.45) is 0 Å². The number of anilines is 1. The third-order valence-electron chi connectivity index (χ3n) is 1.88. The molecule has 1 aromatic heterocycles. The lowest BCUT2D eigenvalue weighted by Gasteiger charge is -2.10. The van der Waals surface area contributed by atoms with Crippen molar-refractivity contribution in [3.8, 4) is 0 Å². The Hall–Kier alpha value is -0.870. The van der Waals surface area contributed by atoms with Crippen molar-refractivity contribution in [1.82, 2.24) is 9.88 Å². The minimum atomic E-state index is -0.410. The summed E-state index contributed by atoms with van der Waals surface area (Å²) < 4.78 is 13.2. The Balaban J connectivity index is 2.37. The zero-order chi connectivity index (χ0) is 11.3. The standard InChI is InChI=1S/C10H15ClFN3/c1-15(2)5-3-4-13-10-9(12)6-8(11)7-14-10/h6-7H,3-5H2,1-2H3,(H,13,14). The van der Waals surface area contributed by atoms with Crippen LogP contribution in [0.5, 0.6) is 0 Å². The van der Waals surface area contributed by atoms with Crippen LogP contribution >= 0.6 is 11.6 Å². The van der Waals surface area contributed by atoms with Crippen LogP contribution < -0.4 is 5.32 Å². The molecule has 15 heavy (non-hydrogen) atoms. The summed E-state index contributed by atoms with van der Waals surface area (Å²) in [6.45, 7) is 1.66. The highest BCUT2D eigenvalue weighted by Gasteiger charge is 2.03. The highest BCUT2D eigenvalue weighted by Crippen LogP contribution is 2.15. The summed E-state index contributed by atoms with van der Waals surface area (Å²) in [7, 11) is 4.00. The lowest BCUT2D eigenvalue weighted by molar-refractivity contribution is 0.405. The minimum Gasteiger partial charge on any atom is -0.368 e. The fourth-order valence-electron chi connectivity index (χ4n) is 1.15. The molecular formula is C10H15ClFN3. The topological polar surface area (TPSA) is 28.2 Å². The van der Waals surface area contributed by atoms with Gasteiger partial charge in [-0.15, -0.1) is 0 Å². The second kappa shape index (κ2) is 5.88. The third kappa shape index (κ3) is 4.44. The molecule has 0 radical (unpaired) electrons. The van der Waals surface area contributed by atoms with E-state index in [9.17, 15) is 4.39 Å². The number of pyridine rings is 1. The maximum Gasteiger partial charge on any atom is 0.166 e. The highest BCUT2D eigenvalue weighted by atomic mass is 35.5. The molecule has 0 aromatic carbocycles. The smallest absolute Gasteiger partial charge is 0.166 e. The monoisotopic (exact) mass is 231 g/mol. The van der Waals surface area contributed by atoms with E-state index in [-0.39, 0.29) is 5.82 Å². The number of rotatable bonds is 5. The molecule has 84 valence electrons. The van der Waals surface area contributed by atoms with E-state index in [4.69, 9.17) is 11.6 Å². The van der Waals surface area contributed by atoms with Crippen LogP contribution in [0.15, 0.2) is 12.3 Å². The lowest BCUT2D eigenvalue weighted by atomic mass is 10.4. The average Bonchev–Trinajstić information content (AvgIpc) is 2.14. The summed E-state index contributed by atoms with van der Waals surface area (Å²) in [5, 5.41) is 3.24. The average molecular weight is 232 g/mol. The molecule has 1 N–H and O–H groups in total. The summed E-state index contributed by atoms with van der Waals surface area (Å²) >= 11 is 5.58. The Labute approximate surface area is 94.3 Å². The van der Waals surface area contributed by atoms with Crippen molar-refractivity contribution in [3.63, 3.8) is 0 Å². The van der Waals surface area contributed by atoms with Gasteiger partial charge in [0.1, 0.15) is 0 Å². The molecule has 1 heterocycles. The summed E-state index contributed by atoms with van der Waals surface area (Å²) in [5.74, 6) is -0.148. The third-order valence-corrected chi connectivity index (χ3v) is 2.09. The summed E-state index contributed by atoms with van der Waals surface area (Å²) in [4.78, 5) is 5.94. The fourth-order valence-corrected chi connectivity index (χ4v) is 1.29. The van der Waals surface area contributed by atoms with Crippen LogP contribution in [0.1, 0.15) is 6.42 Å². The molecule has 1 aromatic rings. The van der Waals surface area contributed by atoms with Gasteiger partial charge in [0.15, 0.2) is 11.6 Å². The maximum absolute atomic E-state index is 13.2. The normalized spacial score (nSPS) is 10.7. The molecule has 0 bridgehead atoms. The Morgan fingerprint density at radius 2 is 2.27 bits per heavy atom. The Morgan fingerprint density at radius 3 is 2.87 bits per heavy atom. The van der Waals surface area contributed by atoms with Crippen molar-refractivity contribution >= 4 is 17.4 Å². The van der Waals surface area contributed by atoms with Crippen LogP contribution in [0, 0.1) is 5.82 Å². The number of hydrogen-bond acceptors (Lipinski definition) is 3. The quantitative estimate of drug-likeness (QED) is 0.788. The van der Waals surface area contributed by atoms with Crippen molar-refractivity contribution in [3.05, 3.63) is 23.1 Å². The van der Waals surface area contributed by atoms with Crippen molar-refractivity contribution in [2.75, 3.05) is 32.5 Å². The minimum absolute atomic E-state index is 0.262. The van der Waals surface area contributed by atoms with Gasteiger partial charge in [-0.25, -0.2) is 9.37 Å². The number of hydrogen-bond donors (Lipinski definition) is 1. The molecular weight excluding hydrogens is 217 g/mol. The molecule has 0 aliphatic rings. The maximum atomic E-state index is 13.2. The molecule has 0 aliphatic heterocycles. The second-order valence-electron chi connectivity index (χ2n) is 3.57. The van der Waals surface area contributed by atoms with Gasteiger partial charge in [-0.05, 0) is 33.1 Å². The zero-order valence-electron chi connectivity index (χ0n) is 8.93. The molecule has 0 amide bonds. The predicted octanol–water partition coefficient (Wildman–Crippen LogP) is 2.24. The van der Waals surface area contributed by atoms with E-state index in [2.05, 4.69) is 15.2 Å². The number of aromatic nitrogens is 1. The molecule has 0 saturated carbocycles. The van der Waals surface area contributed by atoms with Crippen molar-refractivity contribution in [2.45, 2.75) is 6.42 Å². The van der Waals surface area contributed by atoms with Gasteiger partial charge in [0.25, 0.3) is 0 Å². The van der Waals surface area contributed by atoms with E-state index in [1.54, 1.807) is 0 Å². The largest absolute Gasteiger partial charge is 0.368 e. The van der Waals surface area contributed by atoms with Crippen LogP contribution in [0.25, 0.3) is 0 Å². The van der Waals surface area contributed by atoms with Gasteiger partial charge in [0.05, 0.1) is 5.02 Å². The van der Waals surface area contributed by atoms with E-state index in [1.807, 2.05) is 14.1 Å². The SMILES string of the molecule is CN(C)CCCNc1ncc(Cl)cc1F. The van der Waals surface area contributed by atoms with E-state index in [1.165, 1.54) is 12.3 Å². The Bertz CT molecular complexity index is 318. The van der Waals surface area contributed by atoms with Crippen LogP contribution in [0.4, 0.5) is 10.2 Å². The van der Waals surface area contributed by atoms with E-state index < -0.39 is 5.82 Å². The second-order valence-corrected chi connectivity index (χ2v) is 4.00. The van der Waals surface area contributed by atoms with Crippen molar-refractivity contribution in [1.29, 1.82) is 0 Å². The molecule has 0 unspecified atom stereocenters. The molecule has 3 nitrogen and oxygen atoms in total. The van der Waals surface area contributed by atoms with Crippen LogP contribution in [0.3, 0.4) is 0 Å². The summed E-state index contributed by atoms with van der Waals surface area (Å²) in [6.07, 6.45) is 2.37. The van der Waals surface area contributed by atoms with Gasteiger partial charge in [-0.1, -0.05) is 11.6 Å². The predicted molar refractivity (Wildman–Crippen MR) is 60.9 cm³/mol. The van der Waals surface area contributed by atoms with Crippen LogP contribution in [-0.2, 0) is 0 Å². The first-order chi connectivity index (χ1) is 7.09. The first-order valence-corrected chi connectivity index (χ1v) is 5.17. The lowest BCUT2D eigenvalue weighted by Crippen LogP contribution is -2.17. The molecule has 1 rings (SSSR count). The number of nitrogens with zero attached hydrogens (tertiary/aromatic N) is 2. The Kier molecular flexibility index (Phi) is 4.78. The molecule has 0 aliphatic carbocycles. The van der Waals surface area contributed by atoms with Gasteiger partial charge in [-0.3, -0.25) is 0 Å². The number of halogens is 2. The van der Waals surface area contributed by atoms with Gasteiger partial charge in [0.2, 0.25) is 0 Å². The molecule has 0 atom stereocenters. The molecule has 0 fully saturated rings. The summed E-state index contributed by atoms with van der Waals surface area (Å²) in [6, 6.07) is 1.25. The van der Waals surface area contributed by atoms with Gasteiger partial charge < -0.3 is 10.2 Å². The first-order valence-electron chi connectivity index (χ1n) is 4.79. The summed E-state index contributed by atoms with van der Waals surface area (Å²) in [5.41, 5.74) is 0. The zero-order valence-corrected chi connectivity index (χ0v) is 9.68. The molecule has 5 heteroatoms. The molecule has 0 spiro atoms. The van der Waals surface area contributed by atoms with Gasteiger partial charge in [0, 0.05) is 12.7 Å².